The monoisotopic (exact) mass is 232 g/mol. The minimum atomic E-state index is -0.0841. The second-order valence-electron chi connectivity index (χ2n) is 3.82. The molecule has 0 radical (unpaired) electrons. The molecule has 0 atom stereocenters. The predicted octanol–water partition coefficient (Wildman–Crippen LogP) is 1.75. The molecular weight excluding hydrogens is 216 g/mol. The Labute approximate surface area is 101 Å². The van der Waals surface area contributed by atoms with E-state index in [9.17, 15) is 4.79 Å². The molecule has 1 amide bonds. The number of hydrogen-bond acceptors (Lipinski definition) is 3. The van der Waals surface area contributed by atoms with Crippen molar-refractivity contribution in [1.82, 2.24) is 4.90 Å². The summed E-state index contributed by atoms with van der Waals surface area (Å²) in [6, 6.07) is 9.60. The molecule has 0 unspecified atom stereocenters. The van der Waals surface area contributed by atoms with Crippen molar-refractivity contribution in [2.75, 3.05) is 20.2 Å². The average molecular weight is 232 g/mol. The fourth-order valence-corrected chi connectivity index (χ4v) is 1.35. The molecule has 1 rings (SSSR count). The van der Waals surface area contributed by atoms with Crippen molar-refractivity contribution in [1.29, 1.82) is 5.26 Å². The third kappa shape index (κ3) is 4.56. The van der Waals surface area contributed by atoms with E-state index in [0.717, 1.165) is 11.3 Å². The summed E-state index contributed by atoms with van der Waals surface area (Å²) in [6.45, 7) is 2.43. The Morgan fingerprint density at radius 3 is 2.94 bits per heavy atom. The number of aryl methyl sites for hydroxylation is 1. The first-order valence-corrected chi connectivity index (χ1v) is 5.44. The summed E-state index contributed by atoms with van der Waals surface area (Å²) in [5.41, 5.74) is 1.12. The number of rotatable bonds is 5. The largest absolute Gasteiger partial charge is 0.493 e. The molecule has 0 fully saturated rings. The highest BCUT2D eigenvalue weighted by Gasteiger charge is 2.07. The van der Waals surface area contributed by atoms with Crippen LogP contribution in [0.4, 0.5) is 0 Å². The van der Waals surface area contributed by atoms with E-state index < -0.39 is 0 Å². The first kappa shape index (κ1) is 13.0. The fourth-order valence-electron chi connectivity index (χ4n) is 1.35. The zero-order valence-corrected chi connectivity index (χ0v) is 10.1. The molecule has 0 aromatic heterocycles. The molecule has 4 heteroatoms. The van der Waals surface area contributed by atoms with Gasteiger partial charge >= 0.3 is 0 Å². The van der Waals surface area contributed by atoms with Gasteiger partial charge in [-0.1, -0.05) is 12.1 Å². The lowest BCUT2D eigenvalue weighted by molar-refractivity contribution is -0.129. The van der Waals surface area contributed by atoms with Crippen molar-refractivity contribution in [3.8, 4) is 11.8 Å². The fraction of sp³-hybridized carbons (Fsp3) is 0.385. The summed E-state index contributed by atoms with van der Waals surface area (Å²) in [4.78, 5) is 12.9. The molecule has 0 aliphatic rings. The van der Waals surface area contributed by atoms with Crippen molar-refractivity contribution in [3.63, 3.8) is 0 Å². The predicted molar refractivity (Wildman–Crippen MR) is 64.5 cm³/mol. The molecule has 0 saturated carbocycles. The van der Waals surface area contributed by atoms with Gasteiger partial charge in [0.05, 0.1) is 19.1 Å². The number of amides is 1. The SMILES string of the molecule is Cc1cccc(OCCC(=O)N(C)CC#N)c1. The summed E-state index contributed by atoms with van der Waals surface area (Å²) in [7, 11) is 1.61. The summed E-state index contributed by atoms with van der Waals surface area (Å²) in [5, 5.41) is 8.44. The minimum absolute atomic E-state index is 0.0841. The maximum absolute atomic E-state index is 11.5. The van der Waals surface area contributed by atoms with Crippen LogP contribution in [0.2, 0.25) is 0 Å². The number of carbonyl (C=O) groups is 1. The lowest BCUT2D eigenvalue weighted by Gasteiger charge is -2.13. The van der Waals surface area contributed by atoms with Gasteiger partial charge < -0.3 is 9.64 Å². The highest BCUT2D eigenvalue weighted by molar-refractivity contribution is 5.76. The van der Waals surface area contributed by atoms with E-state index in [2.05, 4.69) is 0 Å². The summed E-state index contributed by atoms with van der Waals surface area (Å²) in [5.74, 6) is 0.680. The van der Waals surface area contributed by atoms with Crippen molar-refractivity contribution in [3.05, 3.63) is 29.8 Å². The second kappa shape index (κ2) is 6.54. The Hall–Kier alpha value is -2.02. The molecule has 90 valence electrons. The van der Waals surface area contributed by atoms with Gasteiger partial charge in [0, 0.05) is 7.05 Å². The van der Waals surface area contributed by atoms with Gasteiger partial charge in [0.25, 0.3) is 0 Å². The quantitative estimate of drug-likeness (QED) is 0.727. The smallest absolute Gasteiger partial charge is 0.226 e. The third-order valence-corrected chi connectivity index (χ3v) is 2.31. The van der Waals surface area contributed by atoms with Gasteiger partial charge in [0.2, 0.25) is 5.91 Å². The van der Waals surface area contributed by atoms with Gasteiger partial charge in [0.1, 0.15) is 12.3 Å². The molecule has 0 bridgehead atoms. The number of benzene rings is 1. The van der Waals surface area contributed by atoms with Gasteiger partial charge in [-0.2, -0.15) is 5.26 Å². The van der Waals surface area contributed by atoms with Crippen LogP contribution in [0.15, 0.2) is 24.3 Å². The van der Waals surface area contributed by atoms with Crippen LogP contribution in [0, 0.1) is 18.3 Å². The maximum atomic E-state index is 11.5. The standard InChI is InChI=1S/C13H16N2O2/c1-11-4-3-5-12(10-11)17-9-6-13(16)15(2)8-7-14/h3-5,10H,6,8-9H2,1-2H3. The number of carbonyl (C=O) groups excluding carboxylic acids is 1. The van der Waals surface area contributed by atoms with Crippen LogP contribution in [-0.4, -0.2) is 31.0 Å². The highest BCUT2D eigenvalue weighted by Crippen LogP contribution is 2.12. The van der Waals surface area contributed by atoms with E-state index in [1.165, 1.54) is 4.90 Å². The molecule has 0 saturated heterocycles. The summed E-state index contributed by atoms with van der Waals surface area (Å²) in [6.07, 6.45) is 0.284. The van der Waals surface area contributed by atoms with Crippen LogP contribution in [0.25, 0.3) is 0 Å². The lowest BCUT2D eigenvalue weighted by Crippen LogP contribution is -2.28. The van der Waals surface area contributed by atoms with Gasteiger partial charge in [-0.25, -0.2) is 0 Å². The van der Waals surface area contributed by atoms with E-state index >= 15 is 0 Å². The molecule has 0 aliphatic carbocycles. The number of nitriles is 1. The highest BCUT2D eigenvalue weighted by atomic mass is 16.5. The Morgan fingerprint density at radius 1 is 1.53 bits per heavy atom. The van der Waals surface area contributed by atoms with Gasteiger partial charge in [-0.05, 0) is 24.6 Å². The van der Waals surface area contributed by atoms with E-state index in [1.807, 2.05) is 37.3 Å². The summed E-state index contributed by atoms with van der Waals surface area (Å²) < 4.78 is 5.46. The molecule has 0 N–H and O–H groups in total. The molecule has 4 nitrogen and oxygen atoms in total. The first-order chi connectivity index (χ1) is 8.13. The van der Waals surface area contributed by atoms with Crippen LogP contribution in [0.3, 0.4) is 0 Å². The Bertz CT molecular complexity index is 424. The maximum Gasteiger partial charge on any atom is 0.226 e. The molecular formula is C13H16N2O2. The number of nitrogens with zero attached hydrogens (tertiary/aromatic N) is 2. The minimum Gasteiger partial charge on any atom is -0.493 e. The van der Waals surface area contributed by atoms with Gasteiger partial charge in [0.15, 0.2) is 0 Å². The van der Waals surface area contributed by atoms with Crippen LogP contribution in [0.5, 0.6) is 5.75 Å². The van der Waals surface area contributed by atoms with E-state index in [4.69, 9.17) is 10.00 Å². The van der Waals surface area contributed by atoms with Crippen molar-refractivity contribution >= 4 is 5.91 Å². The van der Waals surface area contributed by atoms with Gasteiger partial charge in [-0.15, -0.1) is 0 Å². The van der Waals surface area contributed by atoms with Crippen LogP contribution in [-0.2, 0) is 4.79 Å². The van der Waals surface area contributed by atoms with E-state index in [0.29, 0.717) is 6.61 Å². The molecule has 0 aliphatic heterocycles. The third-order valence-electron chi connectivity index (χ3n) is 2.31. The second-order valence-corrected chi connectivity index (χ2v) is 3.82. The number of hydrogen-bond donors (Lipinski definition) is 0. The van der Waals surface area contributed by atoms with E-state index in [-0.39, 0.29) is 18.9 Å². The van der Waals surface area contributed by atoms with E-state index in [1.54, 1.807) is 7.05 Å². The Kier molecular flexibility index (Phi) is 5.02. The molecule has 0 heterocycles. The summed E-state index contributed by atoms with van der Waals surface area (Å²) >= 11 is 0. The molecule has 1 aromatic rings. The van der Waals surface area contributed by atoms with Crippen LogP contribution < -0.4 is 4.74 Å². The average Bonchev–Trinajstić information content (AvgIpc) is 2.29. The van der Waals surface area contributed by atoms with Crippen molar-refractivity contribution < 1.29 is 9.53 Å². The first-order valence-electron chi connectivity index (χ1n) is 5.44. The Morgan fingerprint density at radius 2 is 2.29 bits per heavy atom. The lowest BCUT2D eigenvalue weighted by atomic mass is 10.2. The van der Waals surface area contributed by atoms with Crippen molar-refractivity contribution in [2.24, 2.45) is 0 Å². The normalized spacial score (nSPS) is 9.47. The molecule has 0 spiro atoms. The van der Waals surface area contributed by atoms with Crippen molar-refractivity contribution in [2.45, 2.75) is 13.3 Å². The van der Waals surface area contributed by atoms with Crippen LogP contribution in [0.1, 0.15) is 12.0 Å². The Balaban J connectivity index is 2.33. The zero-order chi connectivity index (χ0) is 12.7. The van der Waals surface area contributed by atoms with Crippen LogP contribution >= 0.6 is 0 Å². The molecule has 1 aromatic carbocycles. The van der Waals surface area contributed by atoms with Gasteiger partial charge in [-0.3, -0.25) is 4.79 Å². The molecule has 17 heavy (non-hydrogen) atoms. The zero-order valence-electron chi connectivity index (χ0n) is 10.1. The number of ether oxygens (including phenoxy) is 1. The topological polar surface area (TPSA) is 53.3 Å².